The maximum absolute atomic E-state index is 13.1. The Bertz CT molecular complexity index is 670. The van der Waals surface area contributed by atoms with Crippen LogP contribution in [-0.4, -0.2) is 18.6 Å². The van der Waals surface area contributed by atoms with Crippen molar-refractivity contribution in [2.24, 2.45) is 0 Å². The van der Waals surface area contributed by atoms with Crippen molar-refractivity contribution in [2.75, 3.05) is 6.54 Å². The van der Waals surface area contributed by atoms with Gasteiger partial charge in [0, 0.05) is 17.5 Å². The molecular weight excluding hydrogens is 276 g/mol. The second-order valence-corrected chi connectivity index (χ2v) is 4.91. The average molecular weight is 289 g/mol. The van der Waals surface area contributed by atoms with Crippen molar-refractivity contribution in [3.05, 3.63) is 65.2 Å². The normalized spacial score (nSPS) is 16.2. The summed E-state index contributed by atoms with van der Waals surface area (Å²) in [6.07, 6.45) is 0.336. The van der Waals surface area contributed by atoms with Gasteiger partial charge in [0.1, 0.15) is 23.5 Å². The fraction of sp³-hybridized carbons (Fsp3) is 0.188. The zero-order valence-electron chi connectivity index (χ0n) is 11.1. The van der Waals surface area contributed by atoms with Crippen molar-refractivity contribution in [2.45, 2.75) is 12.5 Å². The molecule has 21 heavy (non-hydrogen) atoms. The first-order valence-electron chi connectivity index (χ1n) is 6.60. The summed E-state index contributed by atoms with van der Waals surface area (Å²) in [7, 11) is 0. The lowest BCUT2D eigenvalue weighted by atomic mass is 10.1. The second kappa shape index (κ2) is 5.52. The van der Waals surface area contributed by atoms with Crippen molar-refractivity contribution in [1.82, 2.24) is 5.32 Å². The molecule has 5 heteroatoms. The first-order chi connectivity index (χ1) is 10.1. The molecule has 1 atom stereocenters. The number of amides is 1. The van der Waals surface area contributed by atoms with Crippen LogP contribution in [0.25, 0.3) is 0 Å². The van der Waals surface area contributed by atoms with Crippen LogP contribution in [0.15, 0.2) is 42.5 Å². The number of halogens is 2. The molecule has 0 aromatic heterocycles. The van der Waals surface area contributed by atoms with Crippen LogP contribution >= 0.6 is 0 Å². The van der Waals surface area contributed by atoms with Gasteiger partial charge in [-0.25, -0.2) is 8.78 Å². The molecule has 0 radical (unpaired) electrons. The lowest BCUT2D eigenvalue weighted by molar-refractivity contribution is 0.0933. The molecular formula is C16H13F2NO2. The summed E-state index contributed by atoms with van der Waals surface area (Å²) in [6.45, 7) is 0.312. The molecule has 0 saturated heterocycles. The molecule has 2 aromatic rings. The molecule has 0 saturated carbocycles. The number of hydrogen-bond acceptors (Lipinski definition) is 2. The summed E-state index contributed by atoms with van der Waals surface area (Å²) in [5, 5.41) is 2.73. The van der Waals surface area contributed by atoms with Crippen LogP contribution in [0.4, 0.5) is 8.78 Å². The Hall–Kier alpha value is -2.43. The van der Waals surface area contributed by atoms with Gasteiger partial charge in [0.2, 0.25) is 0 Å². The molecule has 0 aliphatic carbocycles. The Balaban J connectivity index is 1.57. The Labute approximate surface area is 120 Å². The quantitative estimate of drug-likeness (QED) is 0.943. The van der Waals surface area contributed by atoms with Crippen molar-refractivity contribution in [3.63, 3.8) is 0 Å². The molecule has 1 amide bonds. The number of nitrogens with one attached hydrogen (secondary N) is 1. The molecule has 0 unspecified atom stereocenters. The van der Waals surface area contributed by atoms with Gasteiger partial charge in [-0.15, -0.1) is 0 Å². The molecule has 1 aliphatic heterocycles. The van der Waals surface area contributed by atoms with Gasteiger partial charge in [-0.3, -0.25) is 4.79 Å². The van der Waals surface area contributed by atoms with Crippen LogP contribution in [0.2, 0.25) is 0 Å². The van der Waals surface area contributed by atoms with E-state index in [9.17, 15) is 13.6 Å². The van der Waals surface area contributed by atoms with E-state index in [1.165, 1.54) is 36.4 Å². The lowest BCUT2D eigenvalue weighted by Gasteiger charge is -2.11. The van der Waals surface area contributed by atoms with Crippen molar-refractivity contribution < 1.29 is 18.3 Å². The molecule has 108 valence electrons. The van der Waals surface area contributed by atoms with Gasteiger partial charge in [-0.2, -0.15) is 0 Å². The summed E-state index contributed by atoms with van der Waals surface area (Å²) < 4.78 is 31.5. The maximum Gasteiger partial charge on any atom is 0.251 e. The molecule has 3 rings (SSSR count). The fourth-order valence-electron chi connectivity index (χ4n) is 2.31. The highest BCUT2D eigenvalue weighted by Gasteiger charge is 2.23. The summed E-state index contributed by atoms with van der Waals surface area (Å²) in [6, 6.07) is 9.69. The van der Waals surface area contributed by atoms with E-state index in [-0.39, 0.29) is 23.6 Å². The number of benzene rings is 2. The van der Waals surface area contributed by atoms with E-state index in [1.54, 1.807) is 6.07 Å². The van der Waals surface area contributed by atoms with Gasteiger partial charge in [0.25, 0.3) is 5.91 Å². The predicted molar refractivity (Wildman–Crippen MR) is 73.3 cm³/mol. The molecule has 0 bridgehead atoms. The van der Waals surface area contributed by atoms with Gasteiger partial charge in [-0.05, 0) is 42.5 Å². The van der Waals surface area contributed by atoms with E-state index < -0.39 is 0 Å². The second-order valence-electron chi connectivity index (χ2n) is 4.91. The Morgan fingerprint density at radius 3 is 2.62 bits per heavy atom. The minimum atomic E-state index is -0.386. The average Bonchev–Trinajstić information content (AvgIpc) is 2.87. The highest BCUT2D eigenvalue weighted by molar-refractivity contribution is 5.94. The molecule has 1 heterocycles. The Morgan fingerprint density at radius 2 is 1.86 bits per heavy atom. The van der Waals surface area contributed by atoms with Crippen LogP contribution in [0.3, 0.4) is 0 Å². The third kappa shape index (κ3) is 3.02. The molecule has 1 N–H and O–H groups in total. The number of carbonyl (C=O) groups excluding carboxylic acids is 1. The first-order valence-corrected chi connectivity index (χ1v) is 6.60. The lowest BCUT2D eigenvalue weighted by Crippen LogP contribution is -2.34. The highest BCUT2D eigenvalue weighted by atomic mass is 19.1. The smallest absolute Gasteiger partial charge is 0.251 e. The minimum absolute atomic E-state index is 0.216. The predicted octanol–water partition coefficient (Wildman–Crippen LogP) is 2.70. The number of hydrogen-bond donors (Lipinski definition) is 1. The van der Waals surface area contributed by atoms with Crippen LogP contribution in [0, 0.1) is 11.6 Å². The molecule has 0 fully saturated rings. The van der Waals surface area contributed by atoms with Gasteiger partial charge in [-0.1, -0.05) is 0 Å². The van der Waals surface area contributed by atoms with Gasteiger partial charge >= 0.3 is 0 Å². The van der Waals surface area contributed by atoms with Crippen molar-refractivity contribution >= 4 is 5.91 Å². The molecule has 0 spiro atoms. The first kappa shape index (κ1) is 13.5. The number of rotatable bonds is 3. The van der Waals surface area contributed by atoms with Crippen LogP contribution in [0.5, 0.6) is 5.75 Å². The van der Waals surface area contributed by atoms with E-state index in [0.29, 0.717) is 24.3 Å². The van der Waals surface area contributed by atoms with Crippen LogP contribution in [-0.2, 0) is 6.42 Å². The summed E-state index contributed by atoms with van der Waals surface area (Å²) in [5.74, 6) is -0.324. The van der Waals surface area contributed by atoms with Gasteiger partial charge in [0.15, 0.2) is 0 Å². The highest BCUT2D eigenvalue weighted by Crippen LogP contribution is 2.28. The topological polar surface area (TPSA) is 38.3 Å². The Kier molecular flexibility index (Phi) is 3.56. The number of ether oxygens (including phenoxy) is 1. The van der Waals surface area contributed by atoms with Crippen LogP contribution < -0.4 is 10.1 Å². The molecule has 2 aromatic carbocycles. The summed E-state index contributed by atoms with van der Waals surface area (Å²) in [5.41, 5.74) is 1.19. The molecule has 3 nitrogen and oxygen atoms in total. The number of fused-ring (bicyclic) bond motifs is 1. The third-order valence-electron chi connectivity index (χ3n) is 3.36. The van der Waals surface area contributed by atoms with E-state index >= 15 is 0 Å². The van der Waals surface area contributed by atoms with Gasteiger partial charge in [0.05, 0.1) is 6.54 Å². The van der Waals surface area contributed by atoms with Crippen molar-refractivity contribution in [3.8, 4) is 5.75 Å². The number of carbonyl (C=O) groups is 1. The fourth-order valence-corrected chi connectivity index (χ4v) is 2.31. The van der Waals surface area contributed by atoms with Gasteiger partial charge < -0.3 is 10.1 Å². The van der Waals surface area contributed by atoms with Crippen LogP contribution in [0.1, 0.15) is 15.9 Å². The largest absolute Gasteiger partial charge is 0.488 e. The molecule has 1 aliphatic rings. The standard InChI is InChI=1S/C16H13F2NO2/c17-12-3-1-10(2-4-12)16(20)19-9-14-8-11-7-13(18)5-6-15(11)21-14/h1-7,14H,8-9H2,(H,19,20)/t14-/m0/s1. The Morgan fingerprint density at radius 1 is 1.14 bits per heavy atom. The monoisotopic (exact) mass is 289 g/mol. The third-order valence-corrected chi connectivity index (χ3v) is 3.36. The zero-order chi connectivity index (χ0) is 14.8. The summed E-state index contributed by atoms with van der Waals surface area (Å²) >= 11 is 0. The minimum Gasteiger partial charge on any atom is -0.488 e. The SMILES string of the molecule is O=C(NC[C@@H]1Cc2cc(F)ccc2O1)c1ccc(F)cc1. The van der Waals surface area contributed by atoms with E-state index in [0.717, 1.165) is 5.56 Å². The van der Waals surface area contributed by atoms with E-state index in [1.807, 2.05) is 0 Å². The van der Waals surface area contributed by atoms with E-state index in [4.69, 9.17) is 4.74 Å². The van der Waals surface area contributed by atoms with E-state index in [2.05, 4.69) is 5.32 Å². The van der Waals surface area contributed by atoms with Crippen molar-refractivity contribution in [1.29, 1.82) is 0 Å². The maximum atomic E-state index is 13.1. The zero-order valence-corrected chi connectivity index (χ0v) is 11.1. The summed E-state index contributed by atoms with van der Waals surface area (Å²) in [4.78, 5) is 11.9.